The Bertz CT molecular complexity index is 664. The topological polar surface area (TPSA) is 31.4 Å². The van der Waals surface area contributed by atoms with Gasteiger partial charge in [-0.1, -0.05) is 49.4 Å². The number of methoxy groups -OCH3 is 1. The molecule has 0 saturated heterocycles. The molecule has 3 heteroatoms. The van der Waals surface area contributed by atoms with Crippen molar-refractivity contribution in [2.45, 2.75) is 32.5 Å². The smallest absolute Gasteiger partial charge is 0.216 e. The number of benzene rings is 1. The van der Waals surface area contributed by atoms with Crippen LogP contribution in [-0.4, -0.2) is 18.2 Å². The third kappa shape index (κ3) is 3.20. The van der Waals surface area contributed by atoms with Crippen LogP contribution in [-0.2, 0) is 17.8 Å². The monoisotopic (exact) mass is 295 g/mol. The second-order valence-electron chi connectivity index (χ2n) is 5.45. The number of hydrogen-bond acceptors (Lipinski definition) is 3. The van der Waals surface area contributed by atoms with Crippen molar-refractivity contribution in [3.05, 3.63) is 65.4 Å². The van der Waals surface area contributed by atoms with Crippen LogP contribution in [0.15, 0.2) is 48.5 Å². The Balaban J connectivity index is 1.61. The molecule has 0 spiro atoms. The lowest BCUT2D eigenvalue weighted by molar-refractivity contribution is 0.0669. The molecule has 1 aromatic carbocycles. The Hall–Kier alpha value is -2.13. The predicted octanol–water partition coefficient (Wildman–Crippen LogP) is 4.03. The van der Waals surface area contributed by atoms with Crippen molar-refractivity contribution in [1.29, 1.82) is 0 Å². The number of pyridine rings is 1. The summed E-state index contributed by atoms with van der Waals surface area (Å²) in [7, 11) is 1.67. The number of nitrogens with zero attached hydrogens (tertiary/aromatic N) is 1. The Kier molecular flexibility index (Phi) is 4.54. The van der Waals surface area contributed by atoms with E-state index in [1.807, 2.05) is 18.2 Å². The van der Waals surface area contributed by atoms with E-state index in [-0.39, 0.29) is 6.10 Å². The third-order valence-corrected chi connectivity index (χ3v) is 3.96. The number of ether oxygens (including phenoxy) is 2. The second-order valence-corrected chi connectivity index (χ2v) is 5.45. The van der Waals surface area contributed by atoms with Gasteiger partial charge in [0.1, 0.15) is 0 Å². The van der Waals surface area contributed by atoms with Gasteiger partial charge in [0.25, 0.3) is 0 Å². The minimum atomic E-state index is 0.189. The van der Waals surface area contributed by atoms with Gasteiger partial charge in [-0.3, -0.25) is 0 Å². The molecule has 22 heavy (non-hydrogen) atoms. The third-order valence-electron chi connectivity index (χ3n) is 3.96. The van der Waals surface area contributed by atoms with Crippen LogP contribution in [0.1, 0.15) is 30.2 Å². The van der Waals surface area contributed by atoms with E-state index in [9.17, 15) is 0 Å². The molecule has 2 aromatic rings. The van der Waals surface area contributed by atoms with Crippen LogP contribution in [0.4, 0.5) is 0 Å². The van der Waals surface area contributed by atoms with Gasteiger partial charge in [-0.15, -0.1) is 0 Å². The van der Waals surface area contributed by atoms with Gasteiger partial charge >= 0.3 is 0 Å². The number of aromatic nitrogens is 1. The fourth-order valence-electron chi connectivity index (χ4n) is 2.58. The molecule has 1 atom stereocenters. The molecule has 1 aromatic heterocycles. The zero-order valence-corrected chi connectivity index (χ0v) is 13.1. The van der Waals surface area contributed by atoms with Gasteiger partial charge in [-0.2, -0.15) is 0 Å². The molecule has 3 nitrogen and oxygen atoms in total. The molecular formula is C19H21NO2. The minimum absolute atomic E-state index is 0.189. The van der Waals surface area contributed by atoms with Crippen LogP contribution in [0.5, 0.6) is 5.88 Å². The lowest BCUT2D eigenvalue weighted by Gasteiger charge is -2.25. The largest absolute Gasteiger partial charge is 0.481 e. The molecule has 114 valence electrons. The van der Waals surface area contributed by atoms with Gasteiger partial charge in [-0.05, 0) is 23.6 Å². The van der Waals surface area contributed by atoms with Crippen molar-refractivity contribution >= 4 is 5.57 Å². The van der Waals surface area contributed by atoms with Crippen molar-refractivity contribution in [1.82, 2.24) is 4.98 Å². The summed E-state index contributed by atoms with van der Waals surface area (Å²) < 4.78 is 11.2. The number of aryl methyl sites for hydroxylation is 1. The van der Waals surface area contributed by atoms with Crippen LogP contribution < -0.4 is 4.74 Å². The van der Waals surface area contributed by atoms with Gasteiger partial charge in [-0.25, -0.2) is 4.98 Å². The molecule has 0 bridgehead atoms. The molecule has 1 heterocycles. The van der Waals surface area contributed by atoms with Crippen molar-refractivity contribution in [3.8, 4) is 5.88 Å². The lowest BCUT2D eigenvalue weighted by Crippen LogP contribution is -2.19. The van der Waals surface area contributed by atoms with Gasteiger partial charge in [0.05, 0.1) is 25.5 Å². The van der Waals surface area contributed by atoms with E-state index in [2.05, 4.69) is 42.2 Å². The molecule has 1 unspecified atom stereocenters. The first kappa shape index (κ1) is 14.8. The van der Waals surface area contributed by atoms with Crippen molar-refractivity contribution < 1.29 is 9.47 Å². The zero-order chi connectivity index (χ0) is 15.4. The second kappa shape index (κ2) is 6.75. The molecule has 0 aliphatic heterocycles. The van der Waals surface area contributed by atoms with Gasteiger partial charge in [0.2, 0.25) is 5.88 Å². The average molecular weight is 295 g/mol. The molecule has 3 rings (SSSR count). The summed E-state index contributed by atoms with van der Waals surface area (Å²) in [5.41, 5.74) is 4.58. The maximum atomic E-state index is 5.88. The summed E-state index contributed by atoms with van der Waals surface area (Å²) in [6.45, 7) is 2.76. The molecule has 0 radical (unpaired) electrons. The standard InChI is InChI=1S/C19H21NO2/c1-3-15-9-10-18(20-19(15)21-2)16-11-17(12-16)22-13-14-7-5-4-6-8-14/h4-11,17H,3,12-13H2,1-2H3. The van der Waals surface area contributed by atoms with Crippen LogP contribution in [0, 0.1) is 0 Å². The molecule has 0 N–H and O–H groups in total. The average Bonchev–Trinajstić information content (AvgIpc) is 2.54. The van der Waals surface area contributed by atoms with E-state index in [0.29, 0.717) is 6.61 Å². The Morgan fingerprint density at radius 3 is 2.59 bits per heavy atom. The normalized spacial score (nSPS) is 16.8. The quantitative estimate of drug-likeness (QED) is 0.806. The summed E-state index contributed by atoms with van der Waals surface area (Å²) in [5.74, 6) is 0.731. The summed E-state index contributed by atoms with van der Waals surface area (Å²) in [4.78, 5) is 4.59. The highest BCUT2D eigenvalue weighted by Crippen LogP contribution is 2.32. The number of hydrogen-bond donors (Lipinski definition) is 0. The Morgan fingerprint density at radius 1 is 1.14 bits per heavy atom. The minimum Gasteiger partial charge on any atom is -0.481 e. The molecular weight excluding hydrogens is 274 g/mol. The fourth-order valence-corrected chi connectivity index (χ4v) is 2.58. The van der Waals surface area contributed by atoms with Crippen LogP contribution in [0.3, 0.4) is 0 Å². The first-order valence-corrected chi connectivity index (χ1v) is 7.70. The van der Waals surface area contributed by atoms with E-state index in [1.165, 1.54) is 11.1 Å². The lowest BCUT2D eigenvalue weighted by atomic mass is 9.92. The van der Waals surface area contributed by atoms with Crippen molar-refractivity contribution in [2.75, 3.05) is 7.11 Å². The Labute approximate surface area is 131 Å². The molecule has 0 saturated carbocycles. The zero-order valence-electron chi connectivity index (χ0n) is 13.1. The van der Waals surface area contributed by atoms with E-state index >= 15 is 0 Å². The summed E-state index contributed by atoms with van der Waals surface area (Å²) in [6, 6.07) is 14.4. The fraction of sp³-hybridized carbons (Fsp3) is 0.316. The van der Waals surface area contributed by atoms with Crippen molar-refractivity contribution in [2.24, 2.45) is 0 Å². The van der Waals surface area contributed by atoms with Gasteiger partial charge in [0.15, 0.2) is 0 Å². The maximum absolute atomic E-state index is 5.88. The summed E-state index contributed by atoms with van der Waals surface area (Å²) in [6.07, 6.45) is 4.18. The molecule has 1 aliphatic carbocycles. The van der Waals surface area contributed by atoms with Crippen LogP contribution in [0.2, 0.25) is 0 Å². The summed E-state index contributed by atoms with van der Waals surface area (Å²) >= 11 is 0. The molecule has 0 amide bonds. The van der Waals surface area contributed by atoms with E-state index in [0.717, 1.165) is 30.0 Å². The summed E-state index contributed by atoms with van der Waals surface area (Å²) in [5, 5.41) is 0. The van der Waals surface area contributed by atoms with Gasteiger partial charge < -0.3 is 9.47 Å². The maximum Gasteiger partial charge on any atom is 0.216 e. The van der Waals surface area contributed by atoms with E-state index in [1.54, 1.807) is 7.11 Å². The van der Waals surface area contributed by atoms with Crippen LogP contribution >= 0.6 is 0 Å². The predicted molar refractivity (Wildman–Crippen MR) is 87.8 cm³/mol. The highest BCUT2D eigenvalue weighted by atomic mass is 16.5. The van der Waals surface area contributed by atoms with Gasteiger partial charge in [0, 0.05) is 12.0 Å². The highest BCUT2D eigenvalue weighted by Gasteiger charge is 2.22. The Morgan fingerprint density at radius 2 is 1.91 bits per heavy atom. The molecule has 0 fully saturated rings. The molecule has 1 aliphatic rings. The first-order chi connectivity index (χ1) is 10.8. The van der Waals surface area contributed by atoms with E-state index in [4.69, 9.17) is 9.47 Å². The van der Waals surface area contributed by atoms with Crippen molar-refractivity contribution in [3.63, 3.8) is 0 Å². The first-order valence-electron chi connectivity index (χ1n) is 7.70. The van der Waals surface area contributed by atoms with Crippen LogP contribution in [0.25, 0.3) is 5.57 Å². The van der Waals surface area contributed by atoms with E-state index < -0.39 is 0 Å². The number of rotatable bonds is 6. The SMILES string of the molecule is CCc1ccc(C2=CC(OCc3ccccc3)C2)nc1OC. The highest BCUT2D eigenvalue weighted by molar-refractivity contribution is 5.69.